The highest BCUT2D eigenvalue weighted by atomic mass is 35.5. The lowest BCUT2D eigenvalue weighted by atomic mass is 10.1. The molecule has 5 aromatic rings. The summed E-state index contributed by atoms with van der Waals surface area (Å²) in [5.74, 6) is 0.510. The number of aromatic nitrogens is 4. The number of halogens is 1. The zero-order valence-electron chi connectivity index (χ0n) is 16.6. The fourth-order valence-corrected chi connectivity index (χ4v) is 3.94. The van der Waals surface area contributed by atoms with Crippen LogP contribution in [0.25, 0.3) is 27.5 Å². The second kappa shape index (κ2) is 7.49. The van der Waals surface area contributed by atoms with Gasteiger partial charge in [-0.2, -0.15) is 0 Å². The highest BCUT2D eigenvalue weighted by Crippen LogP contribution is 2.22. The molecule has 0 N–H and O–H groups in total. The van der Waals surface area contributed by atoms with Crippen LogP contribution in [0.1, 0.15) is 18.5 Å². The van der Waals surface area contributed by atoms with Gasteiger partial charge in [0.05, 0.1) is 22.3 Å². The van der Waals surface area contributed by atoms with Crippen LogP contribution in [0.3, 0.4) is 0 Å². The Morgan fingerprint density at radius 1 is 0.871 bits per heavy atom. The summed E-state index contributed by atoms with van der Waals surface area (Å²) in [7, 11) is 0. The lowest BCUT2D eigenvalue weighted by molar-refractivity contribution is 0.619. The fraction of sp³-hybridized carbons (Fsp3) is 0.0833. The first-order valence-corrected chi connectivity index (χ1v) is 10.1. The van der Waals surface area contributed by atoms with Gasteiger partial charge < -0.3 is 4.57 Å². The summed E-state index contributed by atoms with van der Waals surface area (Å²) in [5, 5.41) is 2.01. The Bertz CT molecular complexity index is 1540. The average Bonchev–Trinajstić information content (AvgIpc) is 2.80. The van der Waals surface area contributed by atoms with Gasteiger partial charge in [-0.15, -0.1) is 0 Å². The van der Waals surface area contributed by atoms with E-state index < -0.39 is 0 Å². The highest BCUT2D eigenvalue weighted by Gasteiger charge is 2.15. The predicted octanol–water partition coefficient (Wildman–Crippen LogP) is 4.36. The molecule has 0 aliphatic carbocycles. The normalized spacial score (nSPS) is 12.3. The minimum Gasteiger partial charge on any atom is -0.308 e. The van der Waals surface area contributed by atoms with Crippen molar-refractivity contribution < 1.29 is 0 Å². The summed E-state index contributed by atoms with van der Waals surface area (Å²) in [5.41, 5.74) is 1.02. The molecule has 5 rings (SSSR count). The third-order valence-corrected chi connectivity index (χ3v) is 5.75. The number of rotatable bonds is 3. The molecule has 31 heavy (non-hydrogen) atoms. The van der Waals surface area contributed by atoms with Crippen molar-refractivity contribution in [3.05, 3.63) is 111 Å². The molecule has 0 bridgehead atoms. The molecule has 6 nitrogen and oxygen atoms in total. The van der Waals surface area contributed by atoms with E-state index in [-0.39, 0.29) is 17.2 Å². The van der Waals surface area contributed by atoms with Gasteiger partial charge >= 0.3 is 0 Å². The van der Waals surface area contributed by atoms with E-state index in [1.165, 1.54) is 10.8 Å². The molecule has 0 saturated heterocycles. The molecule has 0 aliphatic rings. The van der Waals surface area contributed by atoms with Crippen LogP contribution in [0.5, 0.6) is 0 Å². The van der Waals surface area contributed by atoms with Gasteiger partial charge in [-0.25, -0.2) is 4.98 Å². The number of nitrogens with zero attached hydrogens (tertiary/aromatic N) is 4. The van der Waals surface area contributed by atoms with E-state index in [0.29, 0.717) is 32.5 Å². The predicted molar refractivity (Wildman–Crippen MR) is 122 cm³/mol. The summed E-state index contributed by atoms with van der Waals surface area (Å²) in [6, 6.07) is 16.1. The lowest BCUT2D eigenvalue weighted by Crippen LogP contribution is -2.25. The van der Waals surface area contributed by atoms with Gasteiger partial charge in [-0.3, -0.25) is 19.1 Å². The third-order valence-electron chi connectivity index (χ3n) is 5.50. The number of hydrogen-bond donors (Lipinski definition) is 0. The first-order valence-electron chi connectivity index (χ1n) is 9.77. The maximum absolute atomic E-state index is 13.3. The molecular formula is C24H17ClN4O2. The SMILES string of the molecule is CC(c1ccc(Cl)cc1)n1ccc2c(cnc3ccn(-c4ccccn4)c(=O)c32)c1=O. The Kier molecular flexibility index (Phi) is 4.64. The lowest BCUT2D eigenvalue weighted by Gasteiger charge is -2.17. The van der Waals surface area contributed by atoms with Crippen LogP contribution in [0.15, 0.2) is 89.0 Å². The zero-order valence-corrected chi connectivity index (χ0v) is 17.3. The van der Waals surface area contributed by atoms with Crippen molar-refractivity contribution >= 4 is 33.3 Å². The molecule has 0 amide bonds. The van der Waals surface area contributed by atoms with E-state index in [4.69, 9.17) is 11.6 Å². The van der Waals surface area contributed by atoms with Crippen LogP contribution in [-0.4, -0.2) is 19.1 Å². The van der Waals surface area contributed by atoms with Crippen molar-refractivity contribution in [3.63, 3.8) is 0 Å². The first-order chi connectivity index (χ1) is 15.0. The molecule has 0 spiro atoms. The largest absolute Gasteiger partial charge is 0.308 e. The Labute approximate surface area is 182 Å². The quantitative estimate of drug-likeness (QED) is 0.400. The average molecular weight is 429 g/mol. The molecule has 1 aromatic carbocycles. The minimum atomic E-state index is -0.266. The standard InChI is InChI=1S/C24H17ClN4O2/c1-15(16-5-7-17(25)8-6-16)28-12-9-18-19(23(28)30)14-27-20-10-13-29(24(31)22(18)20)21-4-2-3-11-26-21/h2-15H,1H3. The first kappa shape index (κ1) is 19.2. The fourth-order valence-electron chi connectivity index (χ4n) is 3.81. The number of benzene rings is 1. The molecule has 0 aliphatic heterocycles. The second-order valence-corrected chi connectivity index (χ2v) is 7.72. The molecule has 4 heterocycles. The molecule has 1 unspecified atom stereocenters. The second-order valence-electron chi connectivity index (χ2n) is 7.28. The van der Waals surface area contributed by atoms with Crippen molar-refractivity contribution in [1.29, 1.82) is 0 Å². The molecular weight excluding hydrogens is 412 g/mol. The van der Waals surface area contributed by atoms with Gasteiger partial charge in [0.1, 0.15) is 5.82 Å². The molecule has 0 radical (unpaired) electrons. The molecule has 0 fully saturated rings. The Morgan fingerprint density at radius 3 is 2.42 bits per heavy atom. The van der Waals surface area contributed by atoms with Gasteiger partial charge in [0, 0.05) is 35.2 Å². The summed E-state index contributed by atoms with van der Waals surface area (Å²) in [6.45, 7) is 1.94. The van der Waals surface area contributed by atoms with E-state index in [2.05, 4.69) is 9.97 Å². The van der Waals surface area contributed by atoms with Gasteiger partial charge in [0.25, 0.3) is 11.1 Å². The van der Waals surface area contributed by atoms with Crippen LogP contribution >= 0.6 is 11.6 Å². The smallest absolute Gasteiger partial charge is 0.266 e. The van der Waals surface area contributed by atoms with E-state index >= 15 is 0 Å². The van der Waals surface area contributed by atoms with Gasteiger partial charge in [0.2, 0.25) is 0 Å². The van der Waals surface area contributed by atoms with Crippen LogP contribution < -0.4 is 11.1 Å². The van der Waals surface area contributed by atoms with Crippen molar-refractivity contribution in [1.82, 2.24) is 19.1 Å². The van der Waals surface area contributed by atoms with E-state index in [1.807, 2.05) is 25.1 Å². The van der Waals surface area contributed by atoms with Crippen molar-refractivity contribution in [2.75, 3.05) is 0 Å². The molecule has 4 aromatic heterocycles. The molecule has 1 atom stereocenters. The van der Waals surface area contributed by atoms with Gasteiger partial charge in [-0.1, -0.05) is 29.8 Å². The number of pyridine rings is 4. The molecule has 7 heteroatoms. The summed E-state index contributed by atoms with van der Waals surface area (Å²) in [4.78, 5) is 35.2. The number of fused-ring (bicyclic) bond motifs is 3. The maximum Gasteiger partial charge on any atom is 0.266 e. The maximum atomic E-state index is 13.3. The van der Waals surface area contributed by atoms with Crippen LogP contribution in [0, 0.1) is 0 Å². The number of hydrogen-bond acceptors (Lipinski definition) is 4. The van der Waals surface area contributed by atoms with Crippen LogP contribution in [0.2, 0.25) is 5.02 Å². The van der Waals surface area contributed by atoms with Crippen molar-refractivity contribution in [2.24, 2.45) is 0 Å². The van der Waals surface area contributed by atoms with Crippen LogP contribution in [0.4, 0.5) is 0 Å². The van der Waals surface area contributed by atoms with E-state index in [9.17, 15) is 9.59 Å². The molecule has 152 valence electrons. The summed E-state index contributed by atoms with van der Waals surface area (Å²) < 4.78 is 3.10. The summed E-state index contributed by atoms with van der Waals surface area (Å²) in [6.07, 6.45) is 6.54. The minimum absolute atomic E-state index is 0.203. The zero-order chi connectivity index (χ0) is 21.5. The van der Waals surface area contributed by atoms with Crippen molar-refractivity contribution in [3.8, 4) is 5.82 Å². The van der Waals surface area contributed by atoms with Crippen molar-refractivity contribution in [2.45, 2.75) is 13.0 Å². The van der Waals surface area contributed by atoms with Gasteiger partial charge in [0.15, 0.2) is 0 Å². The Morgan fingerprint density at radius 2 is 1.68 bits per heavy atom. The Balaban J connectivity index is 1.73. The van der Waals surface area contributed by atoms with E-state index in [0.717, 1.165) is 5.56 Å². The highest BCUT2D eigenvalue weighted by molar-refractivity contribution is 6.30. The molecule has 0 saturated carbocycles. The third kappa shape index (κ3) is 3.21. The van der Waals surface area contributed by atoms with Gasteiger partial charge in [-0.05, 0) is 48.9 Å². The monoisotopic (exact) mass is 428 g/mol. The summed E-state index contributed by atoms with van der Waals surface area (Å²) >= 11 is 5.99. The van der Waals surface area contributed by atoms with E-state index in [1.54, 1.807) is 59.6 Å². The Hall–Kier alpha value is -3.77. The van der Waals surface area contributed by atoms with Crippen LogP contribution in [-0.2, 0) is 0 Å². The topological polar surface area (TPSA) is 69.8 Å².